The summed E-state index contributed by atoms with van der Waals surface area (Å²) in [5.41, 5.74) is 0.957. The molecule has 0 aliphatic carbocycles. The second-order valence-corrected chi connectivity index (χ2v) is 6.65. The lowest BCUT2D eigenvalue weighted by Gasteiger charge is -2.28. The van der Waals surface area contributed by atoms with Gasteiger partial charge in [-0.15, -0.1) is 0 Å². The van der Waals surface area contributed by atoms with E-state index in [1.54, 1.807) is 30.3 Å². The van der Waals surface area contributed by atoms with Crippen molar-refractivity contribution in [2.24, 2.45) is 10.9 Å². The van der Waals surface area contributed by atoms with Gasteiger partial charge in [-0.1, -0.05) is 6.07 Å². The van der Waals surface area contributed by atoms with Crippen LogP contribution in [-0.4, -0.2) is 31.2 Å². The third kappa shape index (κ3) is 3.74. The average molecular weight is 463 g/mol. The summed E-state index contributed by atoms with van der Waals surface area (Å²) in [6, 6.07) is 12.9. The molecule has 0 unspecified atom stereocenters. The molecule has 1 atom stereocenters. The monoisotopic (exact) mass is 463 g/mol. The molecule has 0 saturated carbocycles. The van der Waals surface area contributed by atoms with Crippen LogP contribution >= 0.6 is 22.6 Å². The predicted molar refractivity (Wildman–Crippen MR) is 105 cm³/mol. The lowest BCUT2D eigenvalue weighted by Crippen LogP contribution is -2.58. The predicted octanol–water partition coefficient (Wildman–Crippen LogP) is 2.90. The van der Waals surface area contributed by atoms with Crippen molar-refractivity contribution < 1.29 is 19.1 Å². The molecule has 0 spiro atoms. The van der Waals surface area contributed by atoms with Gasteiger partial charge in [0.05, 0.1) is 18.5 Å². The number of methoxy groups -OCH3 is 1. The molecule has 1 N–H and O–H groups in total. The highest BCUT2D eigenvalue weighted by atomic mass is 127. The summed E-state index contributed by atoms with van der Waals surface area (Å²) in [5.74, 6) is -1.95. The van der Waals surface area contributed by atoms with Gasteiger partial charge in [-0.25, -0.2) is 9.69 Å². The molecule has 1 heterocycles. The number of aliphatic imine (C=N–C) groups is 1. The number of benzene rings is 2. The Kier molecular flexibility index (Phi) is 5.31. The zero-order valence-corrected chi connectivity index (χ0v) is 15.8. The summed E-state index contributed by atoms with van der Waals surface area (Å²) < 4.78 is 6.04. The van der Waals surface area contributed by atoms with Crippen LogP contribution in [0.2, 0.25) is 0 Å². The molecule has 132 valence electrons. The molecular weight excluding hydrogens is 449 g/mol. The van der Waals surface area contributed by atoms with E-state index in [9.17, 15) is 14.4 Å². The third-order valence-corrected chi connectivity index (χ3v) is 4.38. The van der Waals surface area contributed by atoms with Crippen molar-refractivity contribution in [1.29, 1.82) is 0 Å². The Labute approximate surface area is 163 Å². The van der Waals surface area contributed by atoms with Crippen molar-refractivity contribution in [3.63, 3.8) is 0 Å². The first-order valence-corrected chi connectivity index (χ1v) is 8.70. The number of carbonyl (C=O) groups is 3. The number of rotatable bonds is 4. The van der Waals surface area contributed by atoms with Crippen molar-refractivity contribution in [2.75, 3.05) is 12.0 Å². The standard InChI is InChI=1S/C18H14IN3O4/c1-26-14-7-5-13(6-8-14)22-17(24)15(16(23)21-18(22)25)10-20-12-4-2-3-11(19)9-12/h2-10,15H,1H3,(H,21,23,25)/t15-/m0/s1. The number of imide groups is 2. The third-order valence-electron chi connectivity index (χ3n) is 3.71. The Bertz CT molecular complexity index is 896. The van der Waals surface area contributed by atoms with Gasteiger partial charge in [0.25, 0.3) is 5.91 Å². The summed E-state index contributed by atoms with van der Waals surface area (Å²) >= 11 is 2.14. The zero-order valence-electron chi connectivity index (χ0n) is 13.7. The van der Waals surface area contributed by atoms with E-state index in [0.717, 1.165) is 8.47 Å². The van der Waals surface area contributed by atoms with E-state index in [1.165, 1.54) is 13.3 Å². The van der Waals surface area contributed by atoms with Gasteiger partial charge in [0.2, 0.25) is 5.91 Å². The zero-order chi connectivity index (χ0) is 18.7. The number of ether oxygens (including phenoxy) is 1. The van der Waals surface area contributed by atoms with Crippen LogP contribution in [0.4, 0.5) is 16.2 Å². The molecule has 0 aromatic heterocycles. The van der Waals surface area contributed by atoms with E-state index in [4.69, 9.17) is 4.74 Å². The van der Waals surface area contributed by atoms with Crippen LogP contribution in [-0.2, 0) is 9.59 Å². The van der Waals surface area contributed by atoms with Crippen molar-refractivity contribution >= 4 is 58.0 Å². The maximum atomic E-state index is 12.7. The first-order chi connectivity index (χ1) is 12.5. The molecule has 8 heteroatoms. The number of hydrogen-bond donors (Lipinski definition) is 1. The lowest BCUT2D eigenvalue weighted by atomic mass is 10.1. The SMILES string of the molecule is COc1ccc(N2C(=O)NC(=O)[C@H](C=Nc3cccc(I)c3)C2=O)cc1. The van der Waals surface area contributed by atoms with Crippen LogP contribution < -0.4 is 15.0 Å². The van der Waals surface area contributed by atoms with Gasteiger partial charge in [0.15, 0.2) is 5.92 Å². The number of nitrogens with zero attached hydrogens (tertiary/aromatic N) is 2. The van der Waals surface area contributed by atoms with Crippen LogP contribution in [0.3, 0.4) is 0 Å². The van der Waals surface area contributed by atoms with Crippen LogP contribution in [0.1, 0.15) is 0 Å². The molecule has 2 aromatic rings. The van der Waals surface area contributed by atoms with Gasteiger partial charge >= 0.3 is 6.03 Å². The van der Waals surface area contributed by atoms with E-state index < -0.39 is 23.8 Å². The maximum absolute atomic E-state index is 12.7. The normalized spacial score (nSPS) is 17.5. The number of halogens is 1. The minimum atomic E-state index is -1.19. The van der Waals surface area contributed by atoms with E-state index >= 15 is 0 Å². The largest absolute Gasteiger partial charge is 0.497 e. The summed E-state index contributed by atoms with van der Waals surface area (Å²) in [4.78, 5) is 42.1. The Hall–Kier alpha value is -2.75. The highest BCUT2D eigenvalue weighted by Crippen LogP contribution is 2.23. The van der Waals surface area contributed by atoms with Gasteiger partial charge in [-0.05, 0) is 65.1 Å². The van der Waals surface area contributed by atoms with Crippen LogP contribution in [0, 0.1) is 9.49 Å². The topological polar surface area (TPSA) is 88.1 Å². The second kappa shape index (κ2) is 7.65. The average Bonchev–Trinajstić information content (AvgIpc) is 2.62. The van der Waals surface area contributed by atoms with Gasteiger partial charge in [-0.3, -0.25) is 19.9 Å². The fourth-order valence-electron chi connectivity index (χ4n) is 2.41. The maximum Gasteiger partial charge on any atom is 0.335 e. The number of carbonyl (C=O) groups excluding carboxylic acids is 3. The summed E-state index contributed by atoms with van der Waals surface area (Å²) in [7, 11) is 1.52. The Morgan fingerprint density at radius 3 is 2.54 bits per heavy atom. The van der Waals surface area contributed by atoms with E-state index in [-0.39, 0.29) is 0 Å². The molecule has 0 radical (unpaired) electrons. The fourth-order valence-corrected chi connectivity index (χ4v) is 2.94. The first-order valence-electron chi connectivity index (χ1n) is 7.62. The van der Waals surface area contributed by atoms with Gasteiger partial charge in [0, 0.05) is 9.78 Å². The van der Waals surface area contributed by atoms with Gasteiger partial charge < -0.3 is 4.74 Å². The highest BCUT2D eigenvalue weighted by Gasteiger charge is 2.40. The van der Waals surface area contributed by atoms with Crippen LogP contribution in [0.15, 0.2) is 53.5 Å². The Morgan fingerprint density at radius 2 is 1.88 bits per heavy atom. The molecule has 3 rings (SSSR count). The fraction of sp³-hybridized carbons (Fsp3) is 0.111. The molecule has 1 saturated heterocycles. The number of anilines is 1. The second-order valence-electron chi connectivity index (χ2n) is 5.40. The summed E-state index contributed by atoms with van der Waals surface area (Å²) in [6.45, 7) is 0. The molecule has 4 amide bonds. The molecule has 1 aliphatic rings. The Balaban J connectivity index is 1.87. The quantitative estimate of drug-likeness (QED) is 0.429. The first kappa shape index (κ1) is 18.1. The molecular formula is C18H14IN3O4. The van der Waals surface area contributed by atoms with Crippen molar-refractivity contribution in [1.82, 2.24) is 5.32 Å². The molecule has 26 heavy (non-hydrogen) atoms. The number of hydrogen-bond acceptors (Lipinski definition) is 5. The smallest absolute Gasteiger partial charge is 0.335 e. The van der Waals surface area contributed by atoms with Gasteiger partial charge in [-0.2, -0.15) is 0 Å². The van der Waals surface area contributed by atoms with E-state index in [1.807, 2.05) is 18.2 Å². The van der Waals surface area contributed by atoms with Crippen molar-refractivity contribution in [3.8, 4) is 5.75 Å². The van der Waals surface area contributed by atoms with Gasteiger partial charge in [0.1, 0.15) is 5.75 Å². The number of urea groups is 1. The number of amides is 4. The van der Waals surface area contributed by atoms with Crippen molar-refractivity contribution in [2.45, 2.75) is 0 Å². The van der Waals surface area contributed by atoms with Crippen LogP contribution in [0.5, 0.6) is 5.75 Å². The number of nitrogens with one attached hydrogen (secondary N) is 1. The van der Waals surface area contributed by atoms with E-state index in [0.29, 0.717) is 17.1 Å². The molecule has 1 aliphatic heterocycles. The molecule has 0 bridgehead atoms. The number of barbiturate groups is 1. The minimum absolute atomic E-state index is 0.341. The summed E-state index contributed by atoms with van der Waals surface area (Å²) in [5, 5.41) is 2.19. The van der Waals surface area contributed by atoms with Crippen molar-refractivity contribution in [3.05, 3.63) is 52.1 Å². The molecule has 1 fully saturated rings. The minimum Gasteiger partial charge on any atom is -0.497 e. The van der Waals surface area contributed by atoms with Crippen LogP contribution in [0.25, 0.3) is 0 Å². The molecule has 7 nitrogen and oxygen atoms in total. The Morgan fingerprint density at radius 1 is 1.15 bits per heavy atom. The summed E-state index contributed by atoms with van der Waals surface area (Å²) in [6.07, 6.45) is 1.26. The highest BCUT2D eigenvalue weighted by molar-refractivity contribution is 14.1. The van der Waals surface area contributed by atoms with E-state index in [2.05, 4.69) is 32.9 Å². The lowest BCUT2D eigenvalue weighted by molar-refractivity contribution is -0.131. The molecule has 2 aromatic carbocycles.